The number of methoxy groups -OCH3 is 2. The third-order valence-electron chi connectivity index (χ3n) is 3.74. The van der Waals surface area contributed by atoms with Crippen molar-refractivity contribution in [2.75, 3.05) is 19.5 Å². The van der Waals surface area contributed by atoms with Crippen molar-refractivity contribution >= 4 is 29.0 Å². The van der Waals surface area contributed by atoms with Crippen LogP contribution in [0.3, 0.4) is 0 Å². The maximum atomic E-state index is 12.6. The first-order valence-electron chi connectivity index (χ1n) is 7.23. The van der Waals surface area contributed by atoms with Gasteiger partial charge < -0.3 is 19.8 Å². The number of hydrogen-bond acceptors (Lipinski definition) is 4. The summed E-state index contributed by atoms with van der Waals surface area (Å²) in [4.78, 5) is 27.2. The normalized spacial score (nSPS) is 10.4. The van der Waals surface area contributed by atoms with Crippen molar-refractivity contribution in [1.29, 1.82) is 0 Å². The largest absolute Gasteiger partial charge is 0.495 e. The number of aromatic amines is 1. The van der Waals surface area contributed by atoms with Gasteiger partial charge in [0.1, 0.15) is 17.2 Å². The summed E-state index contributed by atoms with van der Waals surface area (Å²) in [6, 6.07) is 3.14. The molecule has 0 aliphatic rings. The zero-order chi connectivity index (χ0) is 18.0. The molecule has 0 aliphatic heterocycles. The summed E-state index contributed by atoms with van der Waals surface area (Å²) in [5.74, 6) is 0.377. The molecule has 0 bridgehead atoms. The number of nitrogens with one attached hydrogen (secondary N) is 2. The molecule has 0 unspecified atom stereocenters. The first kappa shape index (κ1) is 17.9. The third kappa shape index (κ3) is 3.23. The molecule has 2 rings (SSSR count). The van der Waals surface area contributed by atoms with Gasteiger partial charge in [0.25, 0.3) is 5.91 Å². The molecule has 6 nitrogen and oxygen atoms in total. The van der Waals surface area contributed by atoms with Gasteiger partial charge in [-0.3, -0.25) is 9.59 Å². The third-order valence-corrected chi connectivity index (χ3v) is 4.03. The SMILES string of the molecule is COc1cc(OC)c(NC(=O)c2[nH]c(C)c(C(C)=O)c2C)cc1Cl. The number of benzene rings is 1. The molecule has 0 aliphatic carbocycles. The Morgan fingerprint density at radius 1 is 1.12 bits per heavy atom. The lowest BCUT2D eigenvalue weighted by molar-refractivity contribution is 0.101. The van der Waals surface area contributed by atoms with Gasteiger partial charge in [0.15, 0.2) is 5.78 Å². The van der Waals surface area contributed by atoms with E-state index in [-0.39, 0.29) is 11.7 Å². The number of aryl methyl sites for hydroxylation is 1. The van der Waals surface area contributed by atoms with Crippen LogP contribution in [-0.4, -0.2) is 30.9 Å². The second-order valence-corrected chi connectivity index (χ2v) is 5.73. The minimum atomic E-state index is -0.386. The number of ether oxygens (including phenoxy) is 2. The van der Waals surface area contributed by atoms with Crippen LogP contribution in [0, 0.1) is 13.8 Å². The number of rotatable bonds is 5. The number of carbonyl (C=O) groups excluding carboxylic acids is 2. The average molecular weight is 351 g/mol. The Balaban J connectivity index is 2.39. The summed E-state index contributed by atoms with van der Waals surface area (Å²) in [5.41, 5.74) is 2.52. The summed E-state index contributed by atoms with van der Waals surface area (Å²) < 4.78 is 10.4. The highest BCUT2D eigenvalue weighted by Gasteiger charge is 2.21. The summed E-state index contributed by atoms with van der Waals surface area (Å²) in [6.07, 6.45) is 0. The summed E-state index contributed by atoms with van der Waals surface area (Å²) in [5, 5.41) is 3.09. The Hall–Kier alpha value is -2.47. The van der Waals surface area contributed by atoms with Gasteiger partial charge in [-0.05, 0) is 32.4 Å². The van der Waals surface area contributed by atoms with Crippen molar-refractivity contribution in [2.45, 2.75) is 20.8 Å². The number of aromatic nitrogens is 1. The molecule has 128 valence electrons. The number of halogens is 1. The molecule has 0 spiro atoms. The van der Waals surface area contributed by atoms with Gasteiger partial charge in [-0.15, -0.1) is 0 Å². The fraction of sp³-hybridized carbons (Fsp3) is 0.294. The van der Waals surface area contributed by atoms with E-state index in [2.05, 4.69) is 10.3 Å². The molecule has 7 heteroatoms. The summed E-state index contributed by atoms with van der Waals surface area (Å²) >= 11 is 6.11. The number of H-pyrrole nitrogens is 1. The Labute approximate surface area is 145 Å². The minimum absolute atomic E-state index is 0.0922. The molecule has 0 radical (unpaired) electrons. The number of amides is 1. The first-order chi connectivity index (χ1) is 11.3. The summed E-state index contributed by atoms with van der Waals surface area (Å²) in [6.45, 7) is 4.95. The molecule has 0 atom stereocenters. The van der Waals surface area contributed by atoms with E-state index in [9.17, 15) is 9.59 Å². The lowest BCUT2D eigenvalue weighted by Gasteiger charge is -2.13. The maximum Gasteiger partial charge on any atom is 0.272 e. The van der Waals surface area contributed by atoms with Crippen LogP contribution in [0.15, 0.2) is 12.1 Å². The van der Waals surface area contributed by atoms with Crippen molar-refractivity contribution in [2.24, 2.45) is 0 Å². The highest BCUT2D eigenvalue weighted by molar-refractivity contribution is 6.32. The first-order valence-corrected chi connectivity index (χ1v) is 7.60. The molecule has 0 saturated carbocycles. The van der Waals surface area contributed by atoms with Gasteiger partial charge >= 0.3 is 0 Å². The Kier molecular flexibility index (Phi) is 5.19. The molecular weight excluding hydrogens is 332 g/mol. The van der Waals surface area contributed by atoms with E-state index in [1.807, 2.05) is 0 Å². The fourth-order valence-corrected chi connectivity index (χ4v) is 2.89. The monoisotopic (exact) mass is 350 g/mol. The van der Waals surface area contributed by atoms with Crippen molar-refractivity contribution < 1.29 is 19.1 Å². The van der Waals surface area contributed by atoms with E-state index < -0.39 is 0 Å². The fourth-order valence-electron chi connectivity index (χ4n) is 2.65. The van der Waals surface area contributed by atoms with Crippen LogP contribution in [-0.2, 0) is 0 Å². The number of hydrogen-bond donors (Lipinski definition) is 2. The van der Waals surface area contributed by atoms with E-state index in [0.717, 1.165) is 0 Å². The highest BCUT2D eigenvalue weighted by Crippen LogP contribution is 2.36. The van der Waals surface area contributed by atoms with E-state index in [1.54, 1.807) is 26.0 Å². The van der Waals surface area contributed by atoms with Crippen LogP contribution in [0.5, 0.6) is 11.5 Å². The Morgan fingerprint density at radius 3 is 2.25 bits per heavy atom. The Morgan fingerprint density at radius 2 is 1.75 bits per heavy atom. The smallest absolute Gasteiger partial charge is 0.272 e. The van der Waals surface area contributed by atoms with Crippen LogP contribution in [0.1, 0.15) is 39.0 Å². The van der Waals surface area contributed by atoms with E-state index >= 15 is 0 Å². The molecule has 1 aromatic carbocycles. The molecule has 0 fully saturated rings. The molecular formula is C17H19ClN2O4. The lowest BCUT2D eigenvalue weighted by Crippen LogP contribution is -2.14. The molecule has 0 saturated heterocycles. The zero-order valence-electron chi connectivity index (χ0n) is 14.2. The van der Waals surface area contributed by atoms with Crippen LogP contribution >= 0.6 is 11.6 Å². The van der Waals surface area contributed by atoms with Crippen molar-refractivity contribution in [1.82, 2.24) is 4.98 Å². The number of Topliss-reactive ketones (excluding diaryl/α,β-unsaturated/α-hetero) is 1. The second-order valence-electron chi connectivity index (χ2n) is 5.32. The predicted octanol–water partition coefficient (Wildman–Crippen LogP) is 3.76. The molecule has 1 aromatic heterocycles. The lowest BCUT2D eigenvalue weighted by atomic mass is 10.1. The number of carbonyl (C=O) groups is 2. The Bertz CT molecular complexity index is 811. The quantitative estimate of drug-likeness (QED) is 0.804. The molecule has 24 heavy (non-hydrogen) atoms. The number of anilines is 1. The molecule has 2 N–H and O–H groups in total. The van der Waals surface area contributed by atoms with Crippen molar-refractivity contribution in [3.8, 4) is 11.5 Å². The van der Waals surface area contributed by atoms with Gasteiger partial charge in [0, 0.05) is 17.3 Å². The topological polar surface area (TPSA) is 80.4 Å². The van der Waals surface area contributed by atoms with Gasteiger partial charge in [0.2, 0.25) is 0 Å². The van der Waals surface area contributed by atoms with Crippen molar-refractivity contribution in [3.63, 3.8) is 0 Å². The van der Waals surface area contributed by atoms with E-state index in [0.29, 0.717) is 44.7 Å². The van der Waals surface area contributed by atoms with Gasteiger partial charge in [-0.1, -0.05) is 11.6 Å². The van der Waals surface area contributed by atoms with Crippen LogP contribution < -0.4 is 14.8 Å². The van der Waals surface area contributed by atoms with Crippen LogP contribution in [0.25, 0.3) is 0 Å². The zero-order valence-corrected chi connectivity index (χ0v) is 14.9. The minimum Gasteiger partial charge on any atom is -0.495 e. The molecule has 1 amide bonds. The standard InChI is InChI=1S/C17H19ClN2O4/c1-8-15(10(3)21)9(2)19-16(8)17(22)20-12-6-11(18)13(23-4)7-14(12)24-5/h6-7,19H,1-5H3,(H,20,22). The van der Waals surface area contributed by atoms with E-state index in [1.165, 1.54) is 21.1 Å². The number of ketones is 1. The van der Waals surface area contributed by atoms with Crippen molar-refractivity contribution in [3.05, 3.63) is 39.7 Å². The predicted molar refractivity (Wildman–Crippen MR) is 92.8 cm³/mol. The van der Waals surface area contributed by atoms with Crippen LogP contribution in [0.2, 0.25) is 5.02 Å². The molecule has 2 aromatic rings. The molecule has 1 heterocycles. The highest BCUT2D eigenvalue weighted by atomic mass is 35.5. The second kappa shape index (κ2) is 6.97. The summed E-state index contributed by atoms with van der Waals surface area (Å²) in [7, 11) is 2.98. The maximum absolute atomic E-state index is 12.6. The van der Waals surface area contributed by atoms with Gasteiger partial charge in [-0.25, -0.2) is 0 Å². The van der Waals surface area contributed by atoms with Gasteiger partial charge in [0.05, 0.1) is 24.9 Å². The van der Waals surface area contributed by atoms with Gasteiger partial charge in [-0.2, -0.15) is 0 Å². The van der Waals surface area contributed by atoms with E-state index in [4.69, 9.17) is 21.1 Å². The van der Waals surface area contributed by atoms with Crippen LogP contribution in [0.4, 0.5) is 5.69 Å². The average Bonchev–Trinajstić information content (AvgIpc) is 2.82.